The Morgan fingerprint density at radius 2 is 2.22 bits per heavy atom. The first-order valence-corrected chi connectivity index (χ1v) is 7.35. The van der Waals surface area contributed by atoms with Crippen molar-refractivity contribution < 1.29 is 12.8 Å². The van der Waals surface area contributed by atoms with E-state index in [0.717, 1.165) is 12.5 Å². The molecule has 2 rings (SSSR count). The summed E-state index contributed by atoms with van der Waals surface area (Å²) in [5.74, 6) is -0.291. The Balaban J connectivity index is 2.28. The van der Waals surface area contributed by atoms with Crippen LogP contribution >= 0.6 is 0 Å². The van der Waals surface area contributed by atoms with Crippen molar-refractivity contribution in [3.05, 3.63) is 29.6 Å². The summed E-state index contributed by atoms with van der Waals surface area (Å²) in [6, 6.07) is 4.02. The minimum absolute atomic E-state index is 0.0169. The van der Waals surface area contributed by atoms with E-state index in [1.54, 1.807) is 6.92 Å². The van der Waals surface area contributed by atoms with Crippen molar-refractivity contribution in [1.29, 1.82) is 0 Å². The number of hydrogen-bond acceptors (Lipinski definition) is 3. The Bertz CT molecular complexity index is 545. The second-order valence-electron chi connectivity index (χ2n) is 4.66. The van der Waals surface area contributed by atoms with Gasteiger partial charge in [-0.2, -0.15) is 4.31 Å². The number of halogens is 1. The van der Waals surface area contributed by atoms with E-state index in [4.69, 9.17) is 5.73 Å². The highest BCUT2D eigenvalue weighted by molar-refractivity contribution is 7.89. The fourth-order valence-electron chi connectivity index (χ4n) is 2.09. The lowest BCUT2D eigenvalue weighted by Crippen LogP contribution is -2.30. The number of benzene rings is 1. The highest BCUT2D eigenvalue weighted by atomic mass is 32.2. The van der Waals surface area contributed by atoms with Gasteiger partial charge in [-0.3, -0.25) is 0 Å². The molecule has 0 amide bonds. The number of aryl methyl sites for hydroxylation is 1. The van der Waals surface area contributed by atoms with Gasteiger partial charge in [0.05, 0.1) is 4.90 Å². The summed E-state index contributed by atoms with van der Waals surface area (Å²) in [6.07, 6.45) is 0.768. The molecule has 0 aromatic heterocycles. The zero-order valence-electron chi connectivity index (χ0n) is 10.3. The van der Waals surface area contributed by atoms with Crippen LogP contribution in [0.2, 0.25) is 0 Å². The molecule has 2 N–H and O–H groups in total. The average molecular weight is 272 g/mol. The van der Waals surface area contributed by atoms with Crippen molar-refractivity contribution in [1.82, 2.24) is 4.31 Å². The molecule has 0 saturated carbocycles. The summed E-state index contributed by atoms with van der Waals surface area (Å²) in [6.45, 7) is 2.97. The lowest BCUT2D eigenvalue weighted by molar-refractivity contribution is 0.458. The monoisotopic (exact) mass is 272 g/mol. The van der Waals surface area contributed by atoms with E-state index < -0.39 is 15.8 Å². The fraction of sp³-hybridized carbons (Fsp3) is 0.500. The van der Waals surface area contributed by atoms with Gasteiger partial charge in [-0.15, -0.1) is 0 Å². The molecule has 1 aliphatic heterocycles. The summed E-state index contributed by atoms with van der Waals surface area (Å²) >= 11 is 0. The van der Waals surface area contributed by atoms with Crippen LogP contribution in [0.1, 0.15) is 12.0 Å². The van der Waals surface area contributed by atoms with Crippen LogP contribution in [0.5, 0.6) is 0 Å². The van der Waals surface area contributed by atoms with E-state index in [9.17, 15) is 12.8 Å². The molecule has 100 valence electrons. The van der Waals surface area contributed by atoms with E-state index >= 15 is 0 Å². The molecular weight excluding hydrogens is 255 g/mol. The Morgan fingerprint density at radius 1 is 1.50 bits per heavy atom. The molecule has 1 aromatic carbocycles. The Hall–Kier alpha value is -0.980. The molecular formula is C12H17FN2O2S. The Morgan fingerprint density at radius 3 is 2.78 bits per heavy atom. The minimum Gasteiger partial charge on any atom is -0.330 e. The molecule has 6 heteroatoms. The highest BCUT2D eigenvalue weighted by Gasteiger charge is 2.32. The van der Waals surface area contributed by atoms with E-state index in [1.165, 1.54) is 16.4 Å². The first kappa shape index (κ1) is 13.5. The molecule has 0 bridgehead atoms. The second kappa shape index (κ2) is 4.95. The van der Waals surface area contributed by atoms with Crippen molar-refractivity contribution in [2.24, 2.45) is 11.7 Å². The van der Waals surface area contributed by atoms with Gasteiger partial charge in [0.15, 0.2) is 0 Å². The maximum absolute atomic E-state index is 13.4. The standard InChI is InChI=1S/C12H17FN2O2S/c1-9-2-3-11(6-12(9)13)18(16,17)15-5-4-10(7-14)8-15/h2-3,6,10H,4-5,7-8,14H2,1H3. The summed E-state index contributed by atoms with van der Waals surface area (Å²) in [7, 11) is -3.58. The second-order valence-corrected chi connectivity index (χ2v) is 6.60. The zero-order valence-corrected chi connectivity index (χ0v) is 11.1. The molecule has 1 atom stereocenters. The molecule has 0 radical (unpaired) electrons. The molecule has 1 aliphatic rings. The predicted molar refractivity (Wildman–Crippen MR) is 67.1 cm³/mol. The van der Waals surface area contributed by atoms with E-state index in [0.29, 0.717) is 25.2 Å². The van der Waals surface area contributed by atoms with Crippen LogP contribution in [0.4, 0.5) is 4.39 Å². The van der Waals surface area contributed by atoms with Crippen molar-refractivity contribution in [3.8, 4) is 0 Å². The molecule has 1 fully saturated rings. The Labute approximate surface area is 107 Å². The van der Waals surface area contributed by atoms with Crippen LogP contribution in [-0.4, -0.2) is 32.4 Å². The normalized spacial score (nSPS) is 21.4. The van der Waals surface area contributed by atoms with Gasteiger partial charge >= 0.3 is 0 Å². The third-order valence-corrected chi connectivity index (χ3v) is 5.22. The molecule has 1 heterocycles. The number of rotatable bonds is 3. The van der Waals surface area contributed by atoms with Gasteiger partial charge in [0.1, 0.15) is 5.82 Å². The highest BCUT2D eigenvalue weighted by Crippen LogP contribution is 2.24. The predicted octanol–water partition coefficient (Wildman–Crippen LogP) is 1.10. The molecule has 18 heavy (non-hydrogen) atoms. The Kier molecular flexibility index (Phi) is 3.70. The minimum atomic E-state index is -3.58. The lowest BCUT2D eigenvalue weighted by atomic mass is 10.1. The van der Waals surface area contributed by atoms with Crippen LogP contribution in [0.25, 0.3) is 0 Å². The van der Waals surface area contributed by atoms with Crippen molar-refractivity contribution in [3.63, 3.8) is 0 Å². The van der Waals surface area contributed by atoms with Gasteiger partial charge in [-0.25, -0.2) is 12.8 Å². The van der Waals surface area contributed by atoms with Crippen LogP contribution in [0.3, 0.4) is 0 Å². The first-order chi connectivity index (χ1) is 8.45. The number of hydrogen-bond donors (Lipinski definition) is 1. The number of sulfonamides is 1. The third-order valence-electron chi connectivity index (χ3n) is 3.36. The fourth-order valence-corrected chi connectivity index (χ4v) is 3.63. The smallest absolute Gasteiger partial charge is 0.243 e. The third kappa shape index (κ3) is 2.41. The molecule has 1 aromatic rings. The molecule has 4 nitrogen and oxygen atoms in total. The molecule has 0 spiro atoms. The quantitative estimate of drug-likeness (QED) is 0.896. The molecule has 0 aliphatic carbocycles. The number of nitrogens with two attached hydrogens (primary N) is 1. The van der Waals surface area contributed by atoms with E-state index in [-0.39, 0.29) is 10.8 Å². The average Bonchev–Trinajstić information content (AvgIpc) is 2.81. The maximum atomic E-state index is 13.4. The van der Waals surface area contributed by atoms with Crippen molar-refractivity contribution >= 4 is 10.0 Å². The van der Waals surface area contributed by atoms with E-state index in [1.807, 2.05) is 0 Å². The summed E-state index contributed by atoms with van der Waals surface area (Å²) in [4.78, 5) is 0.0169. The zero-order chi connectivity index (χ0) is 13.3. The topological polar surface area (TPSA) is 63.4 Å². The van der Waals surface area contributed by atoms with Crippen LogP contribution in [0.15, 0.2) is 23.1 Å². The summed E-state index contributed by atoms with van der Waals surface area (Å²) in [5.41, 5.74) is 5.98. The van der Waals surface area contributed by atoms with Crippen LogP contribution < -0.4 is 5.73 Å². The maximum Gasteiger partial charge on any atom is 0.243 e. The van der Waals surface area contributed by atoms with Gasteiger partial charge in [-0.1, -0.05) is 6.07 Å². The molecule has 1 unspecified atom stereocenters. The SMILES string of the molecule is Cc1ccc(S(=O)(=O)N2CCC(CN)C2)cc1F. The van der Waals surface area contributed by atoms with Gasteiger partial charge < -0.3 is 5.73 Å². The largest absolute Gasteiger partial charge is 0.330 e. The van der Waals surface area contributed by atoms with Gasteiger partial charge in [-0.05, 0) is 43.5 Å². The summed E-state index contributed by atoms with van der Waals surface area (Å²) in [5, 5.41) is 0. The molecule has 1 saturated heterocycles. The van der Waals surface area contributed by atoms with Gasteiger partial charge in [0.2, 0.25) is 10.0 Å². The van der Waals surface area contributed by atoms with Crippen LogP contribution in [0, 0.1) is 18.7 Å². The van der Waals surface area contributed by atoms with Gasteiger partial charge in [0.25, 0.3) is 0 Å². The first-order valence-electron chi connectivity index (χ1n) is 5.91. The van der Waals surface area contributed by atoms with Crippen molar-refractivity contribution in [2.45, 2.75) is 18.2 Å². The number of nitrogens with zero attached hydrogens (tertiary/aromatic N) is 1. The van der Waals surface area contributed by atoms with Gasteiger partial charge in [0, 0.05) is 13.1 Å². The van der Waals surface area contributed by atoms with E-state index in [2.05, 4.69) is 0 Å². The van der Waals surface area contributed by atoms with Crippen LogP contribution in [-0.2, 0) is 10.0 Å². The summed E-state index contributed by atoms with van der Waals surface area (Å²) < 4.78 is 39.4. The van der Waals surface area contributed by atoms with Crippen molar-refractivity contribution in [2.75, 3.05) is 19.6 Å². The lowest BCUT2D eigenvalue weighted by Gasteiger charge is -2.16.